The van der Waals surface area contributed by atoms with Crippen LogP contribution in [0.2, 0.25) is 0 Å². The summed E-state index contributed by atoms with van der Waals surface area (Å²) in [6.07, 6.45) is -2.09. The number of aromatic nitrogens is 4. The molecule has 0 spiro atoms. The van der Waals surface area contributed by atoms with Crippen molar-refractivity contribution in [3.05, 3.63) is 65.5 Å². The molecule has 0 saturated heterocycles. The average Bonchev–Trinajstić information content (AvgIpc) is 3.61. The van der Waals surface area contributed by atoms with Gasteiger partial charge in [-0.2, -0.15) is 13.2 Å². The molecule has 2 aromatic carbocycles. The van der Waals surface area contributed by atoms with Gasteiger partial charge in [-0.05, 0) is 56.9 Å². The third-order valence-corrected chi connectivity index (χ3v) is 7.15. The van der Waals surface area contributed by atoms with Gasteiger partial charge >= 0.3 is 12.3 Å². The van der Waals surface area contributed by atoms with Crippen LogP contribution in [-0.4, -0.2) is 78.2 Å². The van der Waals surface area contributed by atoms with Gasteiger partial charge in [-0.3, -0.25) is 10.1 Å². The molecule has 15 heteroatoms. The molecule has 2 N–H and O–H groups in total. The Morgan fingerprint density at radius 2 is 1.83 bits per heavy atom. The van der Waals surface area contributed by atoms with E-state index in [2.05, 4.69) is 30.7 Å². The number of nitrogens with one attached hydrogen (secondary N) is 2. The van der Waals surface area contributed by atoms with Crippen LogP contribution in [0, 0.1) is 6.92 Å². The molecule has 0 unspecified atom stereocenters. The monoisotopic (exact) mass is 602 g/mol. The third kappa shape index (κ3) is 7.22. The van der Waals surface area contributed by atoms with Crippen molar-refractivity contribution in [2.45, 2.75) is 13.1 Å². The molecule has 4 aromatic rings. The van der Waals surface area contributed by atoms with Crippen LogP contribution in [0.3, 0.4) is 0 Å². The summed E-state index contributed by atoms with van der Waals surface area (Å²) in [5, 5.41) is 13.7. The summed E-state index contributed by atoms with van der Waals surface area (Å²) < 4.78 is 47.9. The van der Waals surface area contributed by atoms with Gasteiger partial charge in [0.15, 0.2) is 5.13 Å². The SMILES string of the molecule is COC(=O)Nc1ncc(-c2cn(-c3cc(C(=O)Nc4ccc(N(C)CCN(C)C)c(C(F)(F)F)c4)ccc3C)nn2)s1. The number of halogens is 3. The molecular weight excluding hydrogens is 573 g/mol. The molecule has 2 aromatic heterocycles. The van der Waals surface area contributed by atoms with Gasteiger partial charge in [0.1, 0.15) is 5.69 Å². The summed E-state index contributed by atoms with van der Waals surface area (Å²) in [6.45, 7) is 2.80. The first-order chi connectivity index (χ1) is 19.8. The van der Waals surface area contributed by atoms with Crippen molar-refractivity contribution >= 4 is 39.8 Å². The van der Waals surface area contributed by atoms with E-state index < -0.39 is 23.7 Å². The zero-order valence-electron chi connectivity index (χ0n) is 23.5. The fraction of sp³-hybridized carbons (Fsp3) is 0.296. The van der Waals surface area contributed by atoms with Crippen molar-refractivity contribution in [2.75, 3.05) is 56.9 Å². The van der Waals surface area contributed by atoms with E-state index in [1.165, 1.54) is 46.4 Å². The standard InChI is InChI=1S/C27H29F3N8O3S/c1-16-6-7-17(12-22(16)38-15-20(34-35-38)23-14-31-25(42-23)33-26(40)41-5)24(39)32-18-8-9-21(19(13-18)27(28,29)30)37(4)11-10-36(2)3/h6-9,12-15H,10-11H2,1-5H3,(H,32,39)(H,31,33,40). The number of carbonyl (C=O) groups is 2. The zero-order valence-corrected chi connectivity index (χ0v) is 24.3. The van der Waals surface area contributed by atoms with Crippen molar-refractivity contribution in [3.63, 3.8) is 0 Å². The van der Waals surface area contributed by atoms with E-state index in [4.69, 9.17) is 0 Å². The first kappa shape index (κ1) is 30.5. The number of carbonyl (C=O) groups excluding carboxylic acids is 2. The van der Waals surface area contributed by atoms with E-state index >= 15 is 0 Å². The number of rotatable bonds is 9. The molecule has 0 aliphatic carbocycles. The first-order valence-electron chi connectivity index (χ1n) is 12.6. The molecule has 0 aliphatic heterocycles. The van der Waals surface area contributed by atoms with Gasteiger partial charge < -0.3 is 19.9 Å². The molecule has 4 rings (SSSR count). The zero-order chi connectivity index (χ0) is 30.6. The van der Waals surface area contributed by atoms with Crippen LogP contribution in [0.4, 0.5) is 34.5 Å². The Kier molecular flexibility index (Phi) is 9.11. The maximum Gasteiger partial charge on any atom is 0.418 e. The van der Waals surface area contributed by atoms with E-state index in [-0.39, 0.29) is 16.9 Å². The highest BCUT2D eigenvalue weighted by Crippen LogP contribution is 2.38. The fourth-order valence-corrected chi connectivity index (χ4v) is 4.68. The lowest BCUT2D eigenvalue weighted by atomic mass is 10.1. The number of alkyl halides is 3. The normalized spacial score (nSPS) is 11.5. The number of nitrogens with zero attached hydrogens (tertiary/aromatic N) is 6. The summed E-state index contributed by atoms with van der Waals surface area (Å²) in [4.78, 5) is 32.7. The highest BCUT2D eigenvalue weighted by atomic mass is 32.1. The molecular formula is C27H29F3N8O3S. The van der Waals surface area contributed by atoms with Crippen LogP contribution in [0.15, 0.2) is 48.8 Å². The second-order valence-corrected chi connectivity index (χ2v) is 10.6. The predicted octanol–water partition coefficient (Wildman–Crippen LogP) is 5.15. The number of ether oxygens (including phenoxy) is 1. The van der Waals surface area contributed by atoms with E-state index in [0.717, 1.165) is 11.6 Å². The van der Waals surface area contributed by atoms with Crippen LogP contribution >= 0.6 is 11.3 Å². The number of amides is 2. The second kappa shape index (κ2) is 12.6. The van der Waals surface area contributed by atoms with Crippen LogP contribution in [0.1, 0.15) is 21.5 Å². The Morgan fingerprint density at radius 1 is 1.07 bits per heavy atom. The Morgan fingerprint density at radius 3 is 2.52 bits per heavy atom. The number of hydrogen-bond donors (Lipinski definition) is 2. The Labute approximate surface area is 243 Å². The van der Waals surface area contributed by atoms with E-state index in [1.807, 2.05) is 25.9 Å². The molecule has 11 nitrogen and oxygen atoms in total. The van der Waals surface area contributed by atoms with Gasteiger partial charge in [-0.15, -0.1) is 5.10 Å². The van der Waals surface area contributed by atoms with Crippen molar-refractivity contribution in [2.24, 2.45) is 0 Å². The number of hydrogen-bond acceptors (Lipinski definition) is 9. The number of anilines is 3. The number of benzene rings is 2. The Balaban J connectivity index is 1.54. The highest BCUT2D eigenvalue weighted by molar-refractivity contribution is 7.19. The van der Waals surface area contributed by atoms with Gasteiger partial charge in [-0.1, -0.05) is 22.6 Å². The molecule has 2 amide bonds. The van der Waals surface area contributed by atoms with Crippen LogP contribution < -0.4 is 15.5 Å². The van der Waals surface area contributed by atoms with Gasteiger partial charge in [-0.25, -0.2) is 14.5 Å². The number of likely N-dealkylation sites (N-methyl/N-ethyl adjacent to an activating group) is 2. The second-order valence-electron chi connectivity index (χ2n) is 9.60. The lowest BCUT2D eigenvalue weighted by molar-refractivity contribution is -0.137. The maximum absolute atomic E-state index is 13.9. The van der Waals surface area contributed by atoms with E-state index in [0.29, 0.717) is 34.5 Å². The van der Waals surface area contributed by atoms with Crippen molar-refractivity contribution in [1.29, 1.82) is 0 Å². The van der Waals surface area contributed by atoms with Crippen LogP contribution in [0.5, 0.6) is 0 Å². The van der Waals surface area contributed by atoms with Gasteiger partial charge in [0.2, 0.25) is 0 Å². The molecule has 0 atom stereocenters. The first-order valence-corrected chi connectivity index (χ1v) is 13.4. The summed E-state index contributed by atoms with van der Waals surface area (Å²) >= 11 is 1.17. The molecule has 0 radical (unpaired) electrons. The summed E-state index contributed by atoms with van der Waals surface area (Å²) in [5.74, 6) is -0.584. The Bertz CT molecular complexity index is 1580. The molecule has 0 bridgehead atoms. The predicted molar refractivity (Wildman–Crippen MR) is 154 cm³/mol. The van der Waals surface area contributed by atoms with Crippen LogP contribution in [0.25, 0.3) is 16.3 Å². The van der Waals surface area contributed by atoms with Gasteiger partial charge in [0, 0.05) is 43.3 Å². The van der Waals surface area contributed by atoms with Crippen molar-refractivity contribution in [1.82, 2.24) is 24.9 Å². The lowest BCUT2D eigenvalue weighted by Crippen LogP contribution is -2.30. The van der Waals surface area contributed by atoms with Crippen molar-refractivity contribution < 1.29 is 27.5 Å². The van der Waals surface area contributed by atoms with Crippen molar-refractivity contribution in [3.8, 4) is 16.3 Å². The summed E-state index contributed by atoms with van der Waals surface area (Å²) in [5.41, 5.74) is 1.23. The van der Waals surface area contributed by atoms with E-state index in [1.54, 1.807) is 31.4 Å². The molecule has 2 heterocycles. The molecule has 0 aliphatic rings. The van der Waals surface area contributed by atoms with E-state index in [9.17, 15) is 22.8 Å². The topological polar surface area (TPSA) is 118 Å². The Hall–Kier alpha value is -4.50. The minimum absolute atomic E-state index is 0.0174. The minimum atomic E-state index is -4.61. The quantitative estimate of drug-likeness (QED) is 0.270. The molecule has 222 valence electrons. The highest BCUT2D eigenvalue weighted by Gasteiger charge is 2.35. The largest absolute Gasteiger partial charge is 0.453 e. The summed E-state index contributed by atoms with van der Waals surface area (Å²) in [6, 6.07) is 8.61. The molecule has 42 heavy (non-hydrogen) atoms. The smallest absolute Gasteiger partial charge is 0.418 e. The molecule has 0 saturated carbocycles. The fourth-order valence-electron chi connectivity index (χ4n) is 3.93. The van der Waals surface area contributed by atoms with Crippen LogP contribution in [-0.2, 0) is 10.9 Å². The maximum atomic E-state index is 13.9. The van der Waals surface area contributed by atoms with Gasteiger partial charge in [0.25, 0.3) is 5.91 Å². The molecule has 0 fully saturated rings. The lowest BCUT2D eigenvalue weighted by Gasteiger charge is -2.25. The average molecular weight is 603 g/mol. The minimum Gasteiger partial charge on any atom is -0.453 e. The number of methoxy groups -OCH3 is 1. The van der Waals surface area contributed by atoms with Gasteiger partial charge in [0.05, 0.1) is 29.4 Å². The number of aryl methyl sites for hydroxylation is 1. The number of thiazole rings is 1. The third-order valence-electron chi connectivity index (χ3n) is 6.22. The summed E-state index contributed by atoms with van der Waals surface area (Å²) in [7, 11) is 6.54.